The number of thiazole rings is 1. The fraction of sp³-hybridized carbons (Fsp3) is 0.643. The lowest BCUT2D eigenvalue weighted by molar-refractivity contribution is 0.228. The van der Waals surface area contributed by atoms with E-state index in [4.69, 9.17) is 4.74 Å². The van der Waals surface area contributed by atoms with Crippen LogP contribution in [0.3, 0.4) is 0 Å². The number of nitrogens with zero attached hydrogens (tertiary/aromatic N) is 4. The molecule has 112 valence electrons. The summed E-state index contributed by atoms with van der Waals surface area (Å²) in [5.74, 6) is 1.25. The minimum absolute atomic E-state index is 0.552. The highest BCUT2D eigenvalue weighted by atomic mass is 32.1. The van der Waals surface area contributed by atoms with E-state index < -0.39 is 0 Å². The highest BCUT2D eigenvalue weighted by Crippen LogP contribution is 2.42. The molecule has 0 N–H and O–H groups in total. The molecule has 21 heavy (non-hydrogen) atoms. The van der Waals surface area contributed by atoms with Crippen molar-refractivity contribution in [3.63, 3.8) is 0 Å². The van der Waals surface area contributed by atoms with Gasteiger partial charge in [0.1, 0.15) is 5.01 Å². The van der Waals surface area contributed by atoms with Gasteiger partial charge in [0.05, 0.1) is 6.61 Å². The van der Waals surface area contributed by atoms with Crippen molar-refractivity contribution in [1.82, 2.24) is 15.2 Å². The first kappa shape index (κ1) is 13.5. The van der Waals surface area contributed by atoms with E-state index in [-0.39, 0.29) is 0 Å². The van der Waals surface area contributed by atoms with Gasteiger partial charge in [0.2, 0.25) is 5.13 Å². The van der Waals surface area contributed by atoms with Crippen molar-refractivity contribution in [2.75, 3.05) is 24.6 Å². The van der Waals surface area contributed by atoms with Gasteiger partial charge in [-0.25, -0.2) is 4.98 Å². The first-order chi connectivity index (χ1) is 10.4. The fourth-order valence-electron chi connectivity index (χ4n) is 2.70. The summed E-state index contributed by atoms with van der Waals surface area (Å²) in [6, 6.07) is 0. The molecule has 0 amide bonds. The Kier molecular flexibility index (Phi) is 3.77. The maximum Gasteiger partial charge on any atom is 0.273 e. The van der Waals surface area contributed by atoms with Gasteiger partial charge in [0.25, 0.3) is 5.19 Å². The molecule has 0 aromatic carbocycles. The highest BCUT2D eigenvalue weighted by molar-refractivity contribution is 7.15. The van der Waals surface area contributed by atoms with Gasteiger partial charge >= 0.3 is 0 Å². The quantitative estimate of drug-likeness (QED) is 0.846. The largest absolute Gasteiger partial charge is 0.470 e. The maximum absolute atomic E-state index is 5.77. The van der Waals surface area contributed by atoms with E-state index in [1.807, 2.05) is 5.38 Å². The summed E-state index contributed by atoms with van der Waals surface area (Å²) in [6.07, 6.45) is 6.78. The Labute approximate surface area is 132 Å². The van der Waals surface area contributed by atoms with Crippen molar-refractivity contribution < 1.29 is 4.74 Å². The van der Waals surface area contributed by atoms with E-state index in [1.54, 1.807) is 28.9 Å². The van der Waals surface area contributed by atoms with Crippen LogP contribution in [0, 0.1) is 5.92 Å². The molecule has 1 aliphatic carbocycles. The van der Waals surface area contributed by atoms with Crippen LogP contribution in [0.4, 0.5) is 5.13 Å². The zero-order valence-electron chi connectivity index (χ0n) is 11.8. The molecule has 0 bridgehead atoms. The van der Waals surface area contributed by atoms with Crippen LogP contribution >= 0.6 is 22.7 Å². The smallest absolute Gasteiger partial charge is 0.273 e. The Morgan fingerprint density at radius 2 is 2.24 bits per heavy atom. The number of anilines is 1. The minimum Gasteiger partial charge on any atom is -0.470 e. The van der Waals surface area contributed by atoms with Crippen LogP contribution in [0.15, 0.2) is 11.6 Å². The zero-order chi connectivity index (χ0) is 14.1. The van der Waals surface area contributed by atoms with Crippen LogP contribution in [0.2, 0.25) is 0 Å². The van der Waals surface area contributed by atoms with E-state index in [1.165, 1.54) is 30.7 Å². The second-order valence-electron chi connectivity index (χ2n) is 5.76. The van der Waals surface area contributed by atoms with Crippen molar-refractivity contribution in [3.8, 4) is 5.19 Å². The summed E-state index contributed by atoms with van der Waals surface area (Å²) in [6.45, 7) is 2.86. The third-order valence-corrected chi connectivity index (χ3v) is 5.83. The highest BCUT2D eigenvalue weighted by Gasteiger charge is 2.29. The number of hydrogen-bond donors (Lipinski definition) is 0. The van der Waals surface area contributed by atoms with E-state index in [9.17, 15) is 0 Å². The maximum atomic E-state index is 5.77. The van der Waals surface area contributed by atoms with Crippen molar-refractivity contribution in [2.45, 2.75) is 31.6 Å². The molecule has 0 radical (unpaired) electrons. The van der Waals surface area contributed by atoms with Crippen LogP contribution in [0.25, 0.3) is 0 Å². The number of aromatic nitrogens is 3. The Balaban J connectivity index is 1.35. The van der Waals surface area contributed by atoms with Gasteiger partial charge in [0.15, 0.2) is 0 Å². The van der Waals surface area contributed by atoms with Crippen molar-refractivity contribution >= 4 is 27.8 Å². The molecule has 3 heterocycles. The summed E-state index contributed by atoms with van der Waals surface area (Å²) >= 11 is 3.34. The van der Waals surface area contributed by atoms with Crippen LogP contribution in [-0.2, 0) is 0 Å². The molecule has 0 spiro atoms. The molecule has 1 atom stereocenters. The SMILES string of the molecule is c1csc(OCC2CCCN(c3nnc(C4CC4)s3)C2)n1. The summed E-state index contributed by atoms with van der Waals surface area (Å²) < 4.78 is 5.77. The van der Waals surface area contributed by atoms with Gasteiger partial charge in [-0.05, 0) is 25.7 Å². The Morgan fingerprint density at radius 1 is 1.29 bits per heavy atom. The molecular weight excluding hydrogens is 304 g/mol. The van der Waals surface area contributed by atoms with Gasteiger partial charge in [-0.2, -0.15) is 0 Å². The van der Waals surface area contributed by atoms with Gasteiger partial charge in [-0.1, -0.05) is 22.7 Å². The molecule has 2 aliphatic rings. The molecule has 1 unspecified atom stereocenters. The Bertz CT molecular complexity index is 582. The van der Waals surface area contributed by atoms with Crippen LogP contribution in [0.1, 0.15) is 36.6 Å². The third kappa shape index (κ3) is 3.18. The Hall–Kier alpha value is -1.21. The molecule has 1 aliphatic heterocycles. The van der Waals surface area contributed by atoms with Crippen molar-refractivity contribution in [1.29, 1.82) is 0 Å². The first-order valence-electron chi connectivity index (χ1n) is 7.49. The van der Waals surface area contributed by atoms with Crippen molar-refractivity contribution in [3.05, 3.63) is 16.6 Å². The second kappa shape index (κ2) is 5.88. The van der Waals surface area contributed by atoms with Gasteiger partial charge < -0.3 is 9.64 Å². The average Bonchev–Trinajstić information content (AvgIpc) is 3.05. The molecule has 4 rings (SSSR count). The number of hydrogen-bond acceptors (Lipinski definition) is 7. The van der Waals surface area contributed by atoms with Gasteiger partial charge in [-0.3, -0.25) is 0 Å². The topological polar surface area (TPSA) is 51.1 Å². The predicted molar refractivity (Wildman–Crippen MR) is 84.4 cm³/mol. The minimum atomic E-state index is 0.552. The lowest BCUT2D eigenvalue weighted by atomic mass is 9.99. The lowest BCUT2D eigenvalue weighted by Gasteiger charge is -2.31. The van der Waals surface area contributed by atoms with E-state index in [0.29, 0.717) is 11.8 Å². The Morgan fingerprint density at radius 3 is 3.05 bits per heavy atom. The standard InChI is InChI=1S/C14H18N4OS2/c1-2-10(9-19-14-15-5-7-20-14)8-18(6-1)13-17-16-12(21-13)11-3-4-11/h5,7,10-11H,1-4,6,8-9H2. The zero-order valence-corrected chi connectivity index (χ0v) is 13.4. The number of piperidine rings is 1. The van der Waals surface area contributed by atoms with Crippen LogP contribution < -0.4 is 9.64 Å². The molecule has 1 saturated carbocycles. The first-order valence-corrected chi connectivity index (χ1v) is 9.19. The second-order valence-corrected chi connectivity index (χ2v) is 7.61. The van der Waals surface area contributed by atoms with Crippen LogP contribution in [0.5, 0.6) is 5.19 Å². The van der Waals surface area contributed by atoms with E-state index in [0.717, 1.165) is 30.0 Å². The summed E-state index contributed by atoms with van der Waals surface area (Å²) in [5, 5.41) is 13.8. The summed E-state index contributed by atoms with van der Waals surface area (Å²) in [7, 11) is 0. The molecule has 2 aromatic heterocycles. The summed E-state index contributed by atoms with van der Waals surface area (Å²) in [5.41, 5.74) is 0. The molecule has 5 nitrogen and oxygen atoms in total. The lowest BCUT2D eigenvalue weighted by Crippen LogP contribution is -2.37. The van der Waals surface area contributed by atoms with E-state index in [2.05, 4.69) is 20.1 Å². The molecule has 2 aromatic rings. The third-order valence-electron chi connectivity index (χ3n) is 4.00. The molecule has 1 saturated heterocycles. The van der Waals surface area contributed by atoms with E-state index >= 15 is 0 Å². The number of rotatable bonds is 5. The fourth-order valence-corrected chi connectivity index (χ4v) is 4.24. The molecular formula is C14H18N4OS2. The van der Waals surface area contributed by atoms with Crippen molar-refractivity contribution in [2.24, 2.45) is 5.92 Å². The monoisotopic (exact) mass is 322 g/mol. The normalized spacial score (nSPS) is 22.5. The molecule has 2 fully saturated rings. The average molecular weight is 322 g/mol. The van der Waals surface area contributed by atoms with Crippen LogP contribution in [-0.4, -0.2) is 34.9 Å². The predicted octanol–water partition coefficient (Wildman–Crippen LogP) is 3.17. The summed E-state index contributed by atoms with van der Waals surface area (Å²) in [4.78, 5) is 6.55. The van der Waals surface area contributed by atoms with Gasteiger partial charge in [0, 0.05) is 36.5 Å². The van der Waals surface area contributed by atoms with Gasteiger partial charge in [-0.15, -0.1) is 10.2 Å². The number of ether oxygens (including phenoxy) is 1. The molecule has 7 heteroatoms.